The summed E-state index contributed by atoms with van der Waals surface area (Å²) in [7, 11) is -9.92. The molecule has 8 atom stereocenters. The van der Waals surface area contributed by atoms with Crippen molar-refractivity contribution in [2.45, 2.75) is 420 Å². The largest absolute Gasteiger partial charge is 0.472 e. The van der Waals surface area contributed by atoms with Gasteiger partial charge in [-0.05, 0) is 49.4 Å². The van der Waals surface area contributed by atoms with Crippen molar-refractivity contribution in [1.82, 2.24) is 0 Å². The molecular weight excluding hydrogens is 1280 g/mol. The molecule has 0 radical (unpaired) electrons. The number of carbonyl (C=O) groups is 4. The summed E-state index contributed by atoms with van der Waals surface area (Å²) >= 11 is 0. The number of phosphoric acid groups is 2. The van der Waals surface area contributed by atoms with Crippen LogP contribution < -0.4 is 0 Å². The Morgan fingerprint density at radius 1 is 0.286 bits per heavy atom. The first kappa shape index (κ1) is 96.1. The number of hydrogen-bond acceptors (Lipinski definition) is 15. The van der Waals surface area contributed by atoms with Crippen LogP contribution >= 0.6 is 15.6 Å². The molecule has 0 spiro atoms. The number of aliphatic hydroxyl groups is 1. The highest BCUT2D eigenvalue weighted by molar-refractivity contribution is 7.47. The Balaban J connectivity index is 5.26. The van der Waals surface area contributed by atoms with Crippen LogP contribution in [0.15, 0.2) is 0 Å². The van der Waals surface area contributed by atoms with Crippen LogP contribution in [0, 0.1) is 23.7 Å². The lowest BCUT2D eigenvalue weighted by Gasteiger charge is -2.21. The van der Waals surface area contributed by atoms with E-state index in [1.165, 1.54) is 199 Å². The maximum atomic E-state index is 13.1. The molecule has 0 saturated heterocycles. The van der Waals surface area contributed by atoms with Gasteiger partial charge in [-0.25, -0.2) is 9.13 Å². The normalized spacial score (nSPS) is 14.9. The van der Waals surface area contributed by atoms with Crippen molar-refractivity contribution in [1.29, 1.82) is 0 Å². The predicted octanol–water partition coefficient (Wildman–Crippen LogP) is 23.2. The zero-order valence-corrected chi connectivity index (χ0v) is 66.2. The van der Waals surface area contributed by atoms with Gasteiger partial charge in [0, 0.05) is 25.7 Å². The Kier molecular flexibility index (Phi) is 66.8. The molecule has 19 heteroatoms. The van der Waals surface area contributed by atoms with Crippen LogP contribution in [0.3, 0.4) is 0 Å². The van der Waals surface area contributed by atoms with Crippen molar-refractivity contribution < 1.29 is 80.2 Å². The summed E-state index contributed by atoms with van der Waals surface area (Å²) in [4.78, 5) is 73.0. The minimum Gasteiger partial charge on any atom is -0.462 e. The summed E-state index contributed by atoms with van der Waals surface area (Å²) in [5.41, 5.74) is 0. The number of esters is 4. The molecule has 0 amide bonds. The maximum Gasteiger partial charge on any atom is 0.472 e. The zero-order chi connectivity index (χ0) is 72.4. The van der Waals surface area contributed by atoms with E-state index in [9.17, 15) is 43.2 Å². The molecular formula is C79H154O17P2. The summed E-state index contributed by atoms with van der Waals surface area (Å²) < 4.78 is 68.7. The third kappa shape index (κ3) is 68.5. The molecule has 0 rings (SSSR count). The van der Waals surface area contributed by atoms with Crippen molar-refractivity contribution in [3.05, 3.63) is 0 Å². The molecule has 5 unspecified atom stereocenters. The highest BCUT2D eigenvalue weighted by atomic mass is 31.2. The molecule has 0 aliphatic rings. The standard InChI is InChI=1S/C79H154O17P2/c1-9-70(6)56-48-40-32-26-20-16-12-13-17-21-28-34-43-51-59-76(81)89-65-74(95-78(83)61-53-45-35-29-22-18-14-15-19-25-31-39-47-55-69(4)5)67-93-97(85,86)91-63-73(80)64-92-98(87,88)94-68-75(66-90-77(82)60-52-44-38-37-42-50-58-72(8)11-3)96-79(84)62-54-46-36-30-24-23-27-33-41-49-57-71(7)10-2/h69-75,80H,9-68H2,1-8H3,(H,85,86)(H,87,88)/t70?,71?,72?,73-,74-,75-/m1/s1. The van der Waals surface area contributed by atoms with Gasteiger partial charge in [0.05, 0.1) is 26.4 Å². The van der Waals surface area contributed by atoms with Crippen molar-refractivity contribution in [3.63, 3.8) is 0 Å². The van der Waals surface area contributed by atoms with Crippen LogP contribution in [-0.2, 0) is 65.4 Å². The predicted molar refractivity (Wildman–Crippen MR) is 400 cm³/mol. The first-order valence-electron chi connectivity index (χ1n) is 40.8. The second-order valence-corrected chi connectivity index (χ2v) is 32.6. The third-order valence-electron chi connectivity index (χ3n) is 19.4. The van der Waals surface area contributed by atoms with Gasteiger partial charge in [0.25, 0.3) is 0 Å². The summed E-state index contributed by atoms with van der Waals surface area (Å²) in [6, 6.07) is 0. The molecule has 0 aliphatic carbocycles. The van der Waals surface area contributed by atoms with Crippen LogP contribution in [0.4, 0.5) is 0 Å². The van der Waals surface area contributed by atoms with Crippen LogP contribution in [-0.4, -0.2) is 96.7 Å². The number of unbranched alkanes of at least 4 members (excludes halogenated alkanes) is 39. The van der Waals surface area contributed by atoms with E-state index in [1.54, 1.807) is 0 Å². The quantitative estimate of drug-likeness (QED) is 0.0222. The van der Waals surface area contributed by atoms with Crippen molar-refractivity contribution >= 4 is 39.5 Å². The van der Waals surface area contributed by atoms with E-state index in [4.69, 9.17) is 37.0 Å². The summed E-state index contributed by atoms with van der Waals surface area (Å²) in [6.45, 7) is 14.3. The van der Waals surface area contributed by atoms with Gasteiger partial charge >= 0.3 is 39.5 Å². The van der Waals surface area contributed by atoms with Crippen molar-refractivity contribution in [3.8, 4) is 0 Å². The fourth-order valence-corrected chi connectivity index (χ4v) is 13.6. The number of aliphatic hydroxyl groups excluding tert-OH is 1. The molecule has 0 aromatic carbocycles. The number of rotatable bonds is 76. The molecule has 0 heterocycles. The first-order chi connectivity index (χ1) is 47.2. The van der Waals surface area contributed by atoms with E-state index in [2.05, 4.69) is 55.4 Å². The highest BCUT2D eigenvalue weighted by Crippen LogP contribution is 2.45. The van der Waals surface area contributed by atoms with Gasteiger partial charge in [-0.15, -0.1) is 0 Å². The van der Waals surface area contributed by atoms with Gasteiger partial charge in [-0.2, -0.15) is 0 Å². The van der Waals surface area contributed by atoms with E-state index in [-0.39, 0.29) is 25.7 Å². The van der Waals surface area contributed by atoms with Crippen LogP contribution in [0.1, 0.15) is 402 Å². The number of ether oxygens (including phenoxy) is 4. The van der Waals surface area contributed by atoms with Gasteiger partial charge in [0.15, 0.2) is 12.2 Å². The average molecular weight is 1440 g/mol. The fraction of sp³-hybridized carbons (Fsp3) is 0.949. The number of hydrogen-bond donors (Lipinski definition) is 3. The molecule has 98 heavy (non-hydrogen) atoms. The smallest absolute Gasteiger partial charge is 0.462 e. The molecule has 0 aromatic heterocycles. The Morgan fingerprint density at radius 2 is 0.490 bits per heavy atom. The monoisotopic (exact) mass is 1440 g/mol. The summed E-state index contributed by atoms with van der Waals surface area (Å²) in [6.07, 6.45) is 54.0. The van der Waals surface area contributed by atoms with Gasteiger partial charge in [0.2, 0.25) is 0 Å². The molecule has 582 valence electrons. The van der Waals surface area contributed by atoms with Crippen LogP contribution in [0.5, 0.6) is 0 Å². The number of phosphoric ester groups is 2. The lowest BCUT2D eigenvalue weighted by molar-refractivity contribution is -0.161. The molecule has 0 aliphatic heterocycles. The van der Waals surface area contributed by atoms with Crippen molar-refractivity contribution in [2.75, 3.05) is 39.6 Å². The summed E-state index contributed by atoms with van der Waals surface area (Å²) in [5, 5.41) is 10.6. The highest BCUT2D eigenvalue weighted by Gasteiger charge is 2.30. The third-order valence-corrected chi connectivity index (χ3v) is 21.3. The van der Waals surface area contributed by atoms with Crippen LogP contribution in [0.2, 0.25) is 0 Å². The van der Waals surface area contributed by atoms with Gasteiger partial charge < -0.3 is 33.8 Å². The molecule has 0 bridgehead atoms. The second kappa shape index (κ2) is 68.2. The lowest BCUT2D eigenvalue weighted by atomic mass is 9.99. The molecule has 0 fully saturated rings. The van der Waals surface area contributed by atoms with E-state index in [1.807, 2.05) is 0 Å². The van der Waals surface area contributed by atoms with Gasteiger partial charge in [-0.3, -0.25) is 37.3 Å². The average Bonchev–Trinajstić information content (AvgIpc) is 0.948. The van der Waals surface area contributed by atoms with Gasteiger partial charge in [-0.1, -0.05) is 351 Å². The fourth-order valence-electron chi connectivity index (χ4n) is 12.0. The summed E-state index contributed by atoms with van der Waals surface area (Å²) in [5.74, 6) is 1.05. The minimum absolute atomic E-state index is 0.105. The SMILES string of the molecule is CCC(C)CCCCCCCCCCCCCCCCC(=O)OC[C@H](COP(=O)(O)OC[C@@H](O)COP(=O)(O)OC[C@@H](COC(=O)CCCCCCCCC(C)CC)OC(=O)CCCCCCCCCCCCC(C)CC)OC(=O)CCCCCCCCCCCCCCCC(C)C. The Labute approximate surface area is 600 Å². The lowest BCUT2D eigenvalue weighted by Crippen LogP contribution is -2.30. The van der Waals surface area contributed by atoms with E-state index in [0.29, 0.717) is 25.7 Å². The minimum atomic E-state index is -4.96. The molecule has 17 nitrogen and oxygen atoms in total. The molecule has 0 saturated carbocycles. The van der Waals surface area contributed by atoms with E-state index < -0.39 is 97.5 Å². The molecule has 0 aromatic rings. The zero-order valence-electron chi connectivity index (χ0n) is 64.4. The Morgan fingerprint density at radius 3 is 0.724 bits per heavy atom. The van der Waals surface area contributed by atoms with E-state index >= 15 is 0 Å². The molecule has 3 N–H and O–H groups in total. The Bertz CT molecular complexity index is 1930. The topological polar surface area (TPSA) is 237 Å². The second-order valence-electron chi connectivity index (χ2n) is 29.7. The number of carbonyl (C=O) groups excluding carboxylic acids is 4. The van der Waals surface area contributed by atoms with Gasteiger partial charge in [0.1, 0.15) is 19.3 Å². The van der Waals surface area contributed by atoms with Crippen molar-refractivity contribution in [2.24, 2.45) is 23.7 Å². The Hall–Kier alpha value is -1.94. The maximum absolute atomic E-state index is 13.1. The van der Waals surface area contributed by atoms with Crippen LogP contribution in [0.25, 0.3) is 0 Å². The first-order valence-corrected chi connectivity index (χ1v) is 43.8. The van der Waals surface area contributed by atoms with E-state index in [0.717, 1.165) is 120 Å².